The average molecular weight is 236 g/mol. The lowest BCUT2D eigenvalue weighted by Crippen LogP contribution is -2.42. The third kappa shape index (κ3) is 2.49. The van der Waals surface area contributed by atoms with Crippen LogP contribution in [0.25, 0.3) is 0 Å². The quantitative estimate of drug-likeness (QED) is 0.841. The SMILES string of the molecule is CC1CN(c2ncnc(N)c2C(C)C)CCO1. The van der Waals surface area contributed by atoms with Crippen molar-refractivity contribution in [3.63, 3.8) is 0 Å². The second kappa shape index (κ2) is 4.87. The Kier molecular flexibility index (Phi) is 3.47. The fourth-order valence-electron chi connectivity index (χ4n) is 2.22. The molecule has 0 radical (unpaired) electrons. The summed E-state index contributed by atoms with van der Waals surface area (Å²) < 4.78 is 5.54. The third-order valence-corrected chi connectivity index (χ3v) is 3.01. The van der Waals surface area contributed by atoms with Crippen molar-refractivity contribution in [1.82, 2.24) is 9.97 Å². The van der Waals surface area contributed by atoms with Gasteiger partial charge in [0.25, 0.3) is 0 Å². The van der Waals surface area contributed by atoms with Gasteiger partial charge in [0.2, 0.25) is 0 Å². The average Bonchev–Trinajstić information content (AvgIpc) is 2.28. The summed E-state index contributed by atoms with van der Waals surface area (Å²) in [4.78, 5) is 10.7. The predicted molar refractivity (Wildman–Crippen MR) is 68.2 cm³/mol. The molecule has 0 amide bonds. The van der Waals surface area contributed by atoms with Crippen LogP contribution in [-0.4, -0.2) is 35.8 Å². The lowest BCUT2D eigenvalue weighted by molar-refractivity contribution is 0.0528. The highest BCUT2D eigenvalue weighted by molar-refractivity contribution is 5.58. The first kappa shape index (κ1) is 12.1. The Balaban J connectivity index is 2.34. The van der Waals surface area contributed by atoms with Gasteiger partial charge in [-0.2, -0.15) is 0 Å². The van der Waals surface area contributed by atoms with Crippen molar-refractivity contribution < 1.29 is 4.74 Å². The Morgan fingerprint density at radius 2 is 2.24 bits per heavy atom. The van der Waals surface area contributed by atoms with E-state index >= 15 is 0 Å². The number of anilines is 2. The van der Waals surface area contributed by atoms with E-state index in [1.807, 2.05) is 0 Å². The second-order valence-corrected chi connectivity index (χ2v) is 4.78. The number of nitrogen functional groups attached to an aromatic ring is 1. The molecule has 0 aromatic carbocycles. The molecule has 2 heterocycles. The van der Waals surface area contributed by atoms with Crippen LogP contribution in [0.2, 0.25) is 0 Å². The fourth-order valence-corrected chi connectivity index (χ4v) is 2.22. The number of morpholine rings is 1. The van der Waals surface area contributed by atoms with E-state index in [2.05, 4.69) is 35.6 Å². The lowest BCUT2D eigenvalue weighted by atomic mass is 10.0. The van der Waals surface area contributed by atoms with Gasteiger partial charge in [0, 0.05) is 18.7 Å². The zero-order valence-corrected chi connectivity index (χ0v) is 10.7. The standard InChI is InChI=1S/C12H20N4O/c1-8(2)10-11(13)14-7-15-12(10)16-4-5-17-9(3)6-16/h7-9H,4-6H2,1-3H3,(H2,13,14,15). The minimum atomic E-state index is 0.236. The van der Waals surface area contributed by atoms with E-state index in [0.717, 1.165) is 31.1 Å². The van der Waals surface area contributed by atoms with Crippen LogP contribution in [0.3, 0.4) is 0 Å². The van der Waals surface area contributed by atoms with E-state index in [4.69, 9.17) is 10.5 Å². The molecule has 94 valence electrons. The van der Waals surface area contributed by atoms with Crippen molar-refractivity contribution in [1.29, 1.82) is 0 Å². The normalized spacial score (nSPS) is 20.9. The minimum absolute atomic E-state index is 0.236. The van der Waals surface area contributed by atoms with E-state index in [1.54, 1.807) is 0 Å². The van der Waals surface area contributed by atoms with Gasteiger partial charge in [-0.3, -0.25) is 0 Å². The first-order valence-electron chi connectivity index (χ1n) is 6.06. The molecule has 0 saturated carbocycles. The molecule has 0 aliphatic carbocycles. The number of rotatable bonds is 2. The van der Waals surface area contributed by atoms with Crippen molar-refractivity contribution in [2.75, 3.05) is 30.3 Å². The highest BCUT2D eigenvalue weighted by atomic mass is 16.5. The number of nitrogens with two attached hydrogens (primary N) is 1. The van der Waals surface area contributed by atoms with Crippen LogP contribution in [0.5, 0.6) is 0 Å². The molecular formula is C12H20N4O. The summed E-state index contributed by atoms with van der Waals surface area (Å²) in [5.74, 6) is 1.87. The van der Waals surface area contributed by atoms with E-state index < -0.39 is 0 Å². The molecule has 2 N–H and O–H groups in total. The predicted octanol–water partition coefficient (Wildman–Crippen LogP) is 1.41. The summed E-state index contributed by atoms with van der Waals surface area (Å²) in [6, 6.07) is 0. The van der Waals surface area contributed by atoms with Gasteiger partial charge in [-0.15, -0.1) is 0 Å². The Morgan fingerprint density at radius 1 is 1.47 bits per heavy atom. The van der Waals surface area contributed by atoms with Gasteiger partial charge >= 0.3 is 0 Å². The van der Waals surface area contributed by atoms with Gasteiger partial charge in [0.05, 0.1) is 12.7 Å². The summed E-state index contributed by atoms with van der Waals surface area (Å²) >= 11 is 0. The Labute approximate surface area is 102 Å². The van der Waals surface area contributed by atoms with E-state index in [0.29, 0.717) is 11.7 Å². The van der Waals surface area contributed by atoms with Gasteiger partial charge in [0.1, 0.15) is 18.0 Å². The van der Waals surface area contributed by atoms with Gasteiger partial charge in [-0.1, -0.05) is 13.8 Å². The van der Waals surface area contributed by atoms with E-state index in [9.17, 15) is 0 Å². The molecule has 1 aromatic heterocycles. The second-order valence-electron chi connectivity index (χ2n) is 4.78. The minimum Gasteiger partial charge on any atom is -0.383 e. The van der Waals surface area contributed by atoms with Crippen LogP contribution in [0, 0.1) is 0 Å². The molecule has 1 atom stereocenters. The molecule has 5 heteroatoms. The van der Waals surface area contributed by atoms with Crippen molar-refractivity contribution >= 4 is 11.6 Å². The summed E-state index contributed by atoms with van der Waals surface area (Å²) in [5, 5.41) is 0. The molecular weight excluding hydrogens is 216 g/mol. The number of hydrogen-bond donors (Lipinski definition) is 1. The largest absolute Gasteiger partial charge is 0.383 e. The molecule has 1 aliphatic heterocycles. The number of ether oxygens (including phenoxy) is 1. The summed E-state index contributed by atoms with van der Waals surface area (Å²) in [7, 11) is 0. The van der Waals surface area contributed by atoms with Crippen molar-refractivity contribution in [2.45, 2.75) is 32.8 Å². The van der Waals surface area contributed by atoms with Crippen molar-refractivity contribution in [3.8, 4) is 0 Å². The third-order valence-electron chi connectivity index (χ3n) is 3.01. The molecule has 5 nitrogen and oxygen atoms in total. The molecule has 17 heavy (non-hydrogen) atoms. The van der Waals surface area contributed by atoms with E-state index in [1.165, 1.54) is 6.33 Å². The topological polar surface area (TPSA) is 64.3 Å². The first-order valence-corrected chi connectivity index (χ1v) is 6.06. The molecule has 1 unspecified atom stereocenters. The Bertz CT molecular complexity index is 394. The zero-order chi connectivity index (χ0) is 12.4. The monoisotopic (exact) mass is 236 g/mol. The Morgan fingerprint density at radius 3 is 2.88 bits per heavy atom. The van der Waals surface area contributed by atoms with Crippen LogP contribution in [0.1, 0.15) is 32.3 Å². The first-order chi connectivity index (χ1) is 8.09. The number of aromatic nitrogens is 2. The van der Waals surface area contributed by atoms with E-state index in [-0.39, 0.29) is 6.10 Å². The van der Waals surface area contributed by atoms with Crippen LogP contribution in [0.15, 0.2) is 6.33 Å². The molecule has 1 saturated heterocycles. The fraction of sp³-hybridized carbons (Fsp3) is 0.667. The zero-order valence-electron chi connectivity index (χ0n) is 10.7. The van der Waals surface area contributed by atoms with Crippen LogP contribution < -0.4 is 10.6 Å². The number of hydrogen-bond acceptors (Lipinski definition) is 5. The van der Waals surface area contributed by atoms with Gasteiger partial charge in [0.15, 0.2) is 0 Å². The molecule has 1 aliphatic rings. The molecule has 2 rings (SSSR count). The van der Waals surface area contributed by atoms with Crippen LogP contribution in [-0.2, 0) is 4.74 Å². The lowest BCUT2D eigenvalue weighted by Gasteiger charge is -2.33. The maximum absolute atomic E-state index is 5.95. The smallest absolute Gasteiger partial charge is 0.137 e. The van der Waals surface area contributed by atoms with Crippen LogP contribution >= 0.6 is 0 Å². The molecule has 1 fully saturated rings. The van der Waals surface area contributed by atoms with Crippen molar-refractivity contribution in [2.24, 2.45) is 0 Å². The molecule has 1 aromatic rings. The maximum Gasteiger partial charge on any atom is 0.137 e. The number of nitrogens with zero attached hydrogens (tertiary/aromatic N) is 3. The van der Waals surface area contributed by atoms with Crippen LogP contribution in [0.4, 0.5) is 11.6 Å². The maximum atomic E-state index is 5.95. The van der Waals surface area contributed by atoms with Gasteiger partial charge in [-0.25, -0.2) is 9.97 Å². The highest BCUT2D eigenvalue weighted by Gasteiger charge is 2.23. The summed E-state index contributed by atoms with van der Waals surface area (Å²) in [5.41, 5.74) is 7.00. The van der Waals surface area contributed by atoms with Gasteiger partial charge < -0.3 is 15.4 Å². The summed E-state index contributed by atoms with van der Waals surface area (Å²) in [6.45, 7) is 8.76. The summed E-state index contributed by atoms with van der Waals surface area (Å²) in [6.07, 6.45) is 1.77. The highest BCUT2D eigenvalue weighted by Crippen LogP contribution is 2.29. The Hall–Kier alpha value is -1.36. The van der Waals surface area contributed by atoms with Gasteiger partial charge in [-0.05, 0) is 12.8 Å². The van der Waals surface area contributed by atoms with Crippen molar-refractivity contribution in [3.05, 3.63) is 11.9 Å². The molecule has 0 bridgehead atoms. The molecule has 0 spiro atoms.